The van der Waals surface area contributed by atoms with E-state index in [0.717, 1.165) is 14.7 Å². The van der Waals surface area contributed by atoms with Crippen LogP contribution in [-0.4, -0.2) is 29.0 Å². The van der Waals surface area contributed by atoms with Gasteiger partial charge in [0.2, 0.25) is 5.91 Å². The first-order chi connectivity index (χ1) is 13.8. The fourth-order valence-electron chi connectivity index (χ4n) is 2.49. The van der Waals surface area contributed by atoms with Crippen LogP contribution in [0.15, 0.2) is 39.3 Å². The Kier molecular flexibility index (Phi) is 6.83. The summed E-state index contributed by atoms with van der Waals surface area (Å²) in [6.45, 7) is 1.45. The number of methoxy groups -OCH3 is 1. The van der Waals surface area contributed by atoms with Crippen LogP contribution in [0.5, 0.6) is 5.75 Å². The highest BCUT2D eigenvalue weighted by atomic mass is 79.9. The van der Waals surface area contributed by atoms with Gasteiger partial charge in [-0.05, 0) is 58.5 Å². The minimum atomic E-state index is -0.421. The number of nitrogens with one attached hydrogen (secondary N) is 3. The second-order valence-corrected chi connectivity index (χ2v) is 8.97. The van der Waals surface area contributed by atoms with Crippen molar-refractivity contribution in [2.24, 2.45) is 0 Å². The van der Waals surface area contributed by atoms with Gasteiger partial charge >= 0.3 is 0 Å². The molecular weight excluding hydrogens is 544 g/mol. The predicted molar refractivity (Wildman–Crippen MR) is 126 cm³/mol. The van der Waals surface area contributed by atoms with E-state index in [1.165, 1.54) is 25.4 Å². The van der Waals surface area contributed by atoms with Gasteiger partial charge in [0, 0.05) is 17.1 Å². The number of rotatable bonds is 4. The number of carbonyl (C=O) groups is 2. The zero-order chi connectivity index (χ0) is 21.1. The number of anilines is 2. The van der Waals surface area contributed by atoms with Gasteiger partial charge in [0.15, 0.2) is 10.2 Å². The summed E-state index contributed by atoms with van der Waals surface area (Å²) in [5.41, 5.74) is 1.75. The van der Waals surface area contributed by atoms with Crippen molar-refractivity contribution in [3.05, 3.63) is 44.8 Å². The summed E-state index contributed by atoms with van der Waals surface area (Å²) >= 11 is 13.3. The summed E-state index contributed by atoms with van der Waals surface area (Å²) in [6.07, 6.45) is 0. The van der Waals surface area contributed by atoms with Gasteiger partial charge in [-0.1, -0.05) is 27.3 Å². The van der Waals surface area contributed by atoms with E-state index in [1.807, 2.05) is 6.07 Å². The molecule has 1 heterocycles. The molecule has 3 rings (SSSR count). The standard InChI is InChI=1S/C18H14Br2N4O3S2/c1-8(25)21-10-3-4-13-14(7-10)29-18(22-13)24-17(28)23-16(26)11-5-9(19)6-12(20)15(11)27-2/h3-7H,1-2H3,(H,21,25)(H2,22,23,24,26,28). The number of ether oxygens (including phenoxy) is 1. The van der Waals surface area contributed by atoms with Crippen molar-refractivity contribution >= 4 is 93.4 Å². The summed E-state index contributed by atoms with van der Waals surface area (Å²) in [6, 6.07) is 8.81. The van der Waals surface area contributed by atoms with Crippen LogP contribution >= 0.6 is 55.4 Å². The highest BCUT2D eigenvalue weighted by Gasteiger charge is 2.18. The summed E-state index contributed by atoms with van der Waals surface area (Å²) in [7, 11) is 1.48. The van der Waals surface area contributed by atoms with Crippen molar-refractivity contribution in [1.82, 2.24) is 10.3 Å². The molecule has 0 unspecified atom stereocenters. The van der Waals surface area contributed by atoms with Gasteiger partial charge in [-0.15, -0.1) is 0 Å². The maximum atomic E-state index is 12.6. The van der Waals surface area contributed by atoms with E-state index < -0.39 is 5.91 Å². The van der Waals surface area contributed by atoms with Crippen LogP contribution in [0, 0.1) is 0 Å². The van der Waals surface area contributed by atoms with E-state index in [-0.39, 0.29) is 11.0 Å². The van der Waals surface area contributed by atoms with Crippen molar-refractivity contribution in [3.63, 3.8) is 0 Å². The van der Waals surface area contributed by atoms with Gasteiger partial charge in [0.25, 0.3) is 5.91 Å². The molecule has 2 amide bonds. The average molecular weight is 558 g/mol. The van der Waals surface area contributed by atoms with Gasteiger partial charge < -0.3 is 15.4 Å². The quantitative estimate of drug-likeness (QED) is 0.394. The molecule has 3 N–H and O–H groups in total. The van der Waals surface area contributed by atoms with Gasteiger partial charge in [-0.3, -0.25) is 14.9 Å². The second kappa shape index (κ2) is 9.16. The Labute approximate surface area is 192 Å². The molecule has 11 heteroatoms. The number of aromatic nitrogens is 1. The van der Waals surface area contributed by atoms with Crippen molar-refractivity contribution < 1.29 is 14.3 Å². The van der Waals surface area contributed by atoms with E-state index in [0.29, 0.717) is 26.6 Å². The molecule has 7 nitrogen and oxygen atoms in total. The summed E-state index contributed by atoms with van der Waals surface area (Å²) in [5, 5.41) is 8.89. The number of amides is 2. The lowest BCUT2D eigenvalue weighted by Gasteiger charge is -2.12. The molecule has 2 aromatic carbocycles. The Morgan fingerprint density at radius 2 is 1.93 bits per heavy atom. The maximum Gasteiger partial charge on any atom is 0.261 e. The van der Waals surface area contributed by atoms with Crippen molar-refractivity contribution in [2.45, 2.75) is 6.92 Å². The highest BCUT2D eigenvalue weighted by molar-refractivity contribution is 9.11. The minimum Gasteiger partial charge on any atom is -0.495 e. The van der Waals surface area contributed by atoms with Gasteiger partial charge in [0.05, 0.1) is 27.4 Å². The molecule has 0 atom stereocenters. The van der Waals surface area contributed by atoms with E-state index in [2.05, 4.69) is 52.8 Å². The topological polar surface area (TPSA) is 92.3 Å². The Balaban J connectivity index is 1.74. The molecule has 0 radical (unpaired) electrons. The lowest BCUT2D eigenvalue weighted by Crippen LogP contribution is -2.34. The molecule has 0 spiro atoms. The van der Waals surface area contributed by atoms with E-state index >= 15 is 0 Å². The first-order valence-corrected chi connectivity index (χ1v) is 10.9. The van der Waals surface area contributed by atoms with Gasteiger partial charge in [-0.2, -0.15) is 0 Å². The Hall–Kier alpha value is -2.08. The fourth-order valence-corrected chi connectivity index (χ4v) is 5.05. The van der Waals surface area contributed by atoms with Crippen LogP contribution in [-0.2, 0) is 4.79 Å². The van der Waals surface area contributed by atoms with E-state index in [1.54, 1.807) is 24.3 Å². The summed E-state index contributed by atoms with van der Waals surface area (Å²) in [5.74, 6) is -0.167. The molecule has 0 saturated carbocycles. The third kappa shape index (κ3) is 5.30. The Morgan fingerprint density at radius 1 is 1.17 bits per heavy atom. The predicted octanol–water partition coefficient (Wildman–Crippen LogP) is 4.92. The molecule has 3 aromatic rings. The highest BCUT2D eigenvalue weighted by Crippen LogP contribution is 2.33. The molecule has 0 aliphatic heterocycles. The number of fused-ring (bicyclic) bond motifs is 1. The molecule has 1 aromatic heterocycles. The maximum absolute atomic E-state index is 12.6. The van der Waals surface area contributed by atoms with Crippen LogP contribution in [0.4, 0.5) is 10.8 Å². The number of benzene rings is 2. The number of halogens is 2. The lowest BCUT2D eigenvalue weighted by molar-refractivity contribution is -0.114. The smallest absolute Gasteiger partial charge is 0.261 e. The SMILES string of the molecule is COc1c(Br)cc(Br)cc1C(=O)NC(=S)Nc1nc2ccc(NC(C)=O)cc2s1. The van der Waals surface area contributed by atoms with Crippen molar-refractivity contribution in [3.8, 4) is 5.75 Å². The number of hydrogen-bond donors (Lipinski definition) is 3. The largest absolute Gasteiger partial charge is 0.495 e. The molecule has 0 saturated heterocycles. The van der Waals surface area contributed by atoms with Crippen LogP contribution in [0.3, 0.4) is 0 Å². The normalized spacial score (nSPS) is 10.5. The third-order valence-corrected chi connectivity index (χ3v) is 5.80. The van der Waals surface area contributed by atoms with E-state index in [9.17, 15) is 9.59 Å². The minimum absolute atomic E-state index is 0.106. The first kappa shape index (κ1) is 21.6. The Bertz CT molecular complexity index is 1130. The zero-order valence-electron chi connectivity index (χ0n) is 15.1. The molecule has 0 aliphatic carbocycles. The molecule has 0 fully saturated rings. The molecule has 150 valence electrons. The monoisotopic (exact) mass is 556 g/mol. The van der Waals surface area contributed by atoms with Crippen molar-refractivity contribution in [1.29, 1.82) is 0 Å². The molecule has 0 aliphatic rings. The molecular formula is C18H14Br2N4O3S2. The number of hydrogen-bond acceptors (Lipinski definition) is 6. The number of carbonyl (C=O) groups excluding carboxylic acids is 2. The summed E-state index contributed by atoms with van der Waals surface area (Å²) < 4.78 is 7.52. The lowest BCUT2D eigenvalue weighted by atomic mass is 10.2. The van der Waals surface area contributed by atoms with Crippen LogP contribution in [0.25, 0.3) is 10.2 Å². The molecule has 29 heavy (non-hydrogen) atoms. The first-order valence-electron chi connectivity index (χ1n) is 8.10. The van der Waals surface area contributed by atoms with E-state index in [4.69, 9.17) is 17.0 Å². The van der Waals surface area contributed by atoms with Gasteiger partial charge in [0.1, 0.15) is 5.75 Å². The molecule has 0 bridgehead atoms. The number of thiocarbonyl (C=S) groups is 1. The van der Waals surface area contributed by atoms with Crippen molar-refractivity contribution in [2.75, 3.05) is 17.7 Å². The number of nitrogens with zero attached hydrogens (tertiary/aromatic N) is 1. The van der Waals surface area contributed by atoms with Crippen LogP contribution < -0.4 is 20.7 Å². The zero-order valence-corrected chi connectivity index (χ0v) is 19.9. The number of thiazole rings is 1. The third-order valence-electron chi connectivity index (χ3n) is 3.61. The second-order valence-electron chi connectivity index (χ2n) is 5.76. The fraction of sp³-hybridized carbons (Fsp3) is 0.111. The van der Waals surface area contributed by atoms with Crippen LogP contribution in [0.1, 0.15) is 17.3 Å². The van der Waals surface area contributed by atoms with Gasteiger partial charge in [-0.25, -0.2) is 4.98 Å². The van der Waals surface area contributed by atoms with Crippen LogP contribution in [0.2, 0.25) is 0 Å². The summed E-state index contributed by atoms with van der Waals surface area (Å²) in [4.78, 5) is 28.3. The average Bonchev–Trinajstić information content (AvgIpc) is 3.01. The Morgan fingerprint density at radius 3 is 2.62 bits per heavy atom.